The molecule has 23 heavy (non-hydrogen) atoms. The molecule has 1 N–H and O–H groups in total. The van der Waals surface area contributed by atoms with E-state index < -0.39 is 0 Å². The molecule has 0 radical (unpaired) electrons. The molecule has 1 amide bonds. The summed E-state index contributed by atoms with van der Waals surface area (Å²) >= 11 is 0. The SMILES string of the molecule is C=CCOc1ccccc1C(=O)N1CCN(c2ncn[nH]2)CC1. The first-order valence-electron chi connectivity index (χ1n) is 7.52. The van der Waals surface area contributed by atoms with E-state index in [0.717, 1.165) is 19.0 Å². The third kappa shape index (κ3) is 3.33. The summed E-state index contributed by atoms with van der Waals surface area (Å²) in [6.07, 6.45) is 3.15. The molecule has 1 aromatic heterocycles. The van der Waals surface area contributed by atoms with Crippen LogP contribution in [0.4, 0.5) is 5.95 Å². The van der Waals surface area contributed by atoms with Crippen LogP contribution in [-0.2, 0) is 0 Å². The van der Waals surface area contributed by atoms with E-state index in [4.69, 9.17) is 4.74 Å². The van der Waals surface area contributed by atoms with Crippen molar-refractivity contribution in [2.45, 2.75) is 0 Å². The van der Waals surface area contributed by atoms with Crippen LogP contribution in [0.5, 0.6) is 5.75 Å². The van der Waals surface area contributed by atoms with Crippen molar-refractivity contribution in [3.63, 3.8) is 0 Å². The Morgan fingerprint density at radius 3 is 2.78 bits per heavy atom. The van der Waals surface area contributed by atoms with Gasteiger partial charge in [0.2, 0.25) is 5.95 Å². The van der Waals surface area contributed by atoms with Crippen molar-refractivity contribution in [2.24, 2.45) is 0 Å². The molecule has 120 valence electrons. The molecule has 2 heterocycles. The Balaban J connectivity index is 1.66. The number of nitrogens with zero attached hydrogens (tertiary/aromatic N) is 4. The zero-order valence-corrected chi connectivity index (χ0v) is 12.8. The van der Waals surface area contributed by atoms with Crippen LogP contribution in [0.2, 0.25) is 0 Å². The molecule has 1 aromatic carbocycles. The molecule has 7 heteroatoms. The smallest absolute Gasteiger partial charge is 0.257 e. The number of rotatable bonds is 5. The zero-order chi connectivity index (χ0) is 16.1. The van der Waals surface area contributed by atoms with Gasteiger partial charge in [-0.1, -0.05) is 24.8 Å². The average molecular weight is 313 g/mol. The normalized spacial score (nSPS) is 14.6. The van der Waals surface area contributed by atoms with Crippen LogP contribution in [0.15, 0.2) is 43.2 Å². The quantitative estimate of drug-likeness (QED) is 0.843. The lowest BCUT2D eigenvalue weighted by atomic mass is 10.1. The zero-order valence-electron chi connectivity index (χ0n) is 12.8. The second kappa shape index (κ2) is 6.95. The van der Waals surface area contributed by atoms with Gasteiger partial charge in [-0.05, 0) is 12.1 Å². The minimum absolute atomic E-state index is 0.0121. The summed E-state index contributed by atoms with van der Waals surface area (Å²) < 4.78 is 5.58. The van der Waals surface area contributed by atoms with Gasteiger partial charge in [0, 0.05) is 26.2 Å². The van der Waals surface area contributed by atoms with Gasteiger partial charge in [-0.15, -0.1) is 0 Å². The monoisotopic (exact) mass is 313 g/mol. The molecule has 0 atom stereocenters. The number of benzene rings is 1. The van der Waals surface area contributed by atoms with E-state index in [0.29, 0.717) is 31.0 Å². The number of carbonyl (C=O) groups excluding carboxylic acids is 1. The van der Waals surface area contributed by atoms with Gasteiger partial charge in [0.15, 0.2) is 0 Å². The lowest BCUT2D eigenvalue weighted by molar-refractivity contribution is 0.0742. The number of ether oxygens (including phenoxy) is 1. The van der Waals surface area contributed by atoms with Gasteiger partial charge in [0.1, 0.15) is 18.7 Å². The minimum atomic E-state index is -0.0121. The number of piperazine rings is 1. The van der Waals surface area contributed by atoms with E-state index in [1.54, 1.807) is 12.1 Å². The Kier molecular flexibility index (Phi) is 4.56. The fourth-order valence-corrected chi connectivity index (χ4v) is 2.56. The largest absolute Gasteiger partial charge is 0.489 e. The van der Waals surface area contributed by atoms with E-state index in [-0.39, 0.29) is 5.91 Å². The van der Waals surface area contributed by atoms with Crippen molar-refractivity contribution >= 4 is 11.9 Å². The molecule has 1 fully saturated rings. The molecule has 1 aliphatic rings. The fourth-order valence-electron chi connectivity index (χ4n) is 2.56. The Hall–Kier alpha value is -2.83. The fraction of sp³-hybridized carbons (Fsp3) is 0.312. The van der Waals surface area contributed by atoms with Gasteiger partial charge in [0.25, 0.3) is 5.91 Å². The van der Waals surface area contributed by atoms with Crippen LogP contribution in [-0.4, -0.2) is 58.8 Å². The summed E-state index contributed by atoms with van der Waals surface area (Å²) in [6, 6.07) is 7.31. The van der Waals surface area contributed by atoms with E-state index >= 15 is 0 Å². The number of carbonyl (C=O) groups is 1. The van der Waals surface area contributed by atoms with Crippen molar-refractivity contribution in [1.29, 1.82) is 0 Å². The Morgan fingerprint density at radius 1 is 1.30 bits per heavy atom. The molecule has 0 saturated carbocycles. The molecule has 0 unspecified atom stereocenters. The maximum Gasteiger partial charge on any atom is 0.257 e. The van der Waals surface area contributed by atoms with Crippen LogP contribution < -0.4 is 9.64 Å². The molecule has 7 nitrogen and oxygen atoms in total. The Morgan fingerprint density at radius 2 is 2.09 bits per heavy atom. The summed E-state index contributed by atoms with van der Waals surface area (Å²) in [5.41, 5.74) is 0.586. The summed E-state index contributed by atoms with van der Waals surface area (Å²) in [5.74, 6) is 1.32. The summed E-state index contributed by atoms with van der Waals surface area (Å²) in [4.78, 5) is 20.8. The van der Waals surface area contributed by atoms with Gasteiger partial charge < -0.3 is 14.5 Å². The maximum atomic E-state index is 12.7. The van der Waals surface area contributed by atoms with Crippen molar-refractivity contribution in [1.82, 2.24) is 20.1 Å². The number of hydrogen-bond donors (Lipinski definition) is 1. The first-order valence-corrected chi connectivity index (χ1v) is 7.52. The number of H-pyrrole nitrogens is 1. The Bertz CT molecular complexity index is 663. The van der Waals surface area contributed by atoms with E-state index in [2.05, 4.69) is 26.7 Å². The number of para-hydroxylation sites is 1. The third-order valence-corrected chi connectivity index (χ3v) is 3.74. The summed E-state index contributed by atoms with van der Waals surface area (Å²) in [6.45, 7) is 6.72. The number of anilines is 1. The van der Waals surface area contributed by atoms with Gasteiger partial charge >= 0.3 is 0 Å². The van der Waals surface area contributed by atoms with Crippen molar-refractivity contribution in [3.05, 3.63) is 48.8 Å². The maximum absolute atomic E-state index is 12.7. The average Bonchev–Trinajstić information content (AvgIpc) is 3.14. The first kappa shape index (κ1) is 15.1. The summed E-state index contributed by atoms with van der Waals surface area (Å²) in [7, 11) is 0. The van der Waals surface area contributed by atoms with Gasteiger partial charge in [0.05, 0.1) is 5.56 Å². The number of hydrogen-bond acceptors (Lipinski definition) is 5. The van der Waals surface area contributed by atoms with Crippen molar-refractivity contribution < 1.29 is 9.53 Å². The topological polar surface area (TPSA) is 74.3 Å². The van der Waals surface area contributed by atoms with Gasteiger partial charge in [-0.25, -0.2) is 5.10 Å². The van der Waals surface area contributed by atoms with Crippen molar-refractivity contribution in [2.75, 3.05) is 37.7 Å². The molecule has 0 aliphatic carbocycles. The van der Waals surface area contributed by atoms with Crippen LogP contribution in [0.3, 0.4) is 0 Å². The van der Waals surface area contributed by atoms with E-state index in [1.165, 1.54) is 6.33 Å². The molecular formula is C16H19N5O2. The lowest BCUT2D eigenvalue weighted by Crippen LogP contribution is -2.49. The molecule has 0 spiro atoms. The van der Waals surface area contributed by atoms with E-state index in [1.807, 2.05) is 23.1 Å². The number of aromatic amines is 1. The van der Waals surface area contributed by atoms with Crippen molar-refractivity contribution in [3.8, 4) is 5.75 Å². The van der Waals surface area contributed by atoms with E-state index in [9.17, 15) is 4.79 Å². The highest BCUT2D eigenvalue weighted by molar-refractivity contribution is 5.97. The second-order valence-corrected chi connectivity index (χ2v) is 5.18. The van der Waals surface area contributed by atoms with Crippen LogP contribution in [0, 0.1) is 0 Å². The van der Waals surface area contributed by atoms with Gasteiger partial charge in [-0.2, -0.15) is 10.1 Å². The van der Waals surface area contributed by atoms with Gasteiger partial charge in [-0.3, -0.25) is 4.79 Å². The molecule has 3 rings (SSSR count). The molecular weight excluding hydrogens is 294 g/mol. The molecule has 1 saturated heterocycles. The minimum Gasteiger partial charge on any atom is -0.489 e. The molecule has 2 aromatic rings. The number of nitrogens with one attached hydrogen (secondary N) is 1. The second-order valence-electron chi connectivity index (χ2n) is 5.18. The van der Waals surface area contributed by atoms with Crippen LogP contribution >= 0.6 is 0 Å². The highest BCUT2D eigenvalue weighted by atomic mass is 16.5. The summed E-state index contributed by atoms with van der Waals surface area (Å²) in [5, 5.41) is 6.70. The Labute approximate surface area is 134 Å². The highest BCUT2D eigenvalue weighted by Crippen LogP contribution is 2.21. The molecule has 1 aliphatic heterocycles. The predicted octanol–water partition coefficient (Wildman–Crippen LogP) is 1.33. The number of amides is 1. The first-order chi connectivity index (χ1) is 11.3. The number of aromatic nitrogens is 3. The highest BCUT2D eigenvalue weighted by Gasteiger charge is 2.25. The lowest BCUT2D eigenvalue weighted by Gasteiger charge is -2.34. The molecule has 0 bridgehead atoms. The predicted molar refractivity (Wildman–Crippen MR) is 86.6 cm³/mol. The van der Waals surface area contributed by atoms with Crippen LogP contribution in [0.25, 0.3) is 0 Å². The van der Waals surface area contributed by atoms with Crippen LogP contribution in [0.1, 0.15) is 10.4 Å². The third-order valence-electron chi connectivity index (χ3n) is 3.74. The standard InChI is InChI=1S/C16H19N5O2/c1-2-11-23-14-6-4-3-5-13(14)15(22)20-7-9-21(10-8-20)16-17-12-18-19-16/h2-6,12H,1,7-11H2,(H,17,18,19).